The first-order chi connectivity index (χ1) is 15.4. The monoisotopic (exact) mass is 451 g/mol. The van der Waals surface area contributed by atoms with E-state index in [9.17, 15) is 0 Å². The lowest BCUT2D eigenvalue weighted by molar-refractivity contribution is 0.289. The molecular formula is C26H33N3O2S. The van der Waals surface area contributed by atoms with Crippen molar-refractivity contribution < 1.29 is 9.47 Å². The van der Waals surface area contributed by atoms with Gasteiger partial charge in [0, 0.05) is 11.1 Å². The third kappa shape index (κ3) is 7.77. The highest BCUT2D eigenvalue weighted by molar-refractivity contribution is 7.12. The van der Waals surface area contributed by atoms with Gasteiger partial charge < -0.3 is 14.8 Å². The highest BCUT2D eigenvalue weighted by Crippen LogP contribution is 2.22. The summed E-state index contributed by atoms with van der Waals surface area (Å²) < 4.78 is 11.3. The molecule has 6 heteroatoms. The molecule has 1 aromatic heterocycles. The largest absolute Gasteiger partial charge is 0.497 e. The first kappa shape index (κ1) is 24.0. The standard InChI is InChI=1S/C26H33N3O2S/c1-20-28-29-25(32-20)15-12-22-8-5-6-9-24(22)31-19-7-18-27-26(2,3)17-16-21-10-13-23(30-4)14-11-21/h5-6,8-15,27H,7,16-19H2,1-4H3. The second-order valence-electron chi connectivity index (χ2n) is 8.39. The molecule has 0 bridgehead atoms. The molecule has 0 unspecified atom stereocenters. The zero-order chi connectivity index (χ0) is 22.8. The van der Waals surface area contributed by atoms with Crippen LogP contribution in [0.2, 0.25) is 0 Å². The summed E-state index contributed by atoms with van der Waals surface area (Å²) in [6, 6.07) is 16.4. The first-order valence-electron chi connectivity index (χ1n) is 11.0. The van der Waals surface area contributed by atoms with Gasteiger partial charge in [0.25, 0.3) is 0 Å². The van der Waals surface area contributed by atoms with E-state index in [0.717, 1.165) is 52.9 Å². The number of hydrogen-bond acceptors (Lipinski definition) is 6. The summed E-state index contributed by atoms with van der Waals surface area (Å²) in [5, 5.41) is 13.7. The molecule has 5 nitrogen and oxygen atoms in total. The molecule has 1 N–H and O–H groups in total. The average molecular weight is 452 g/mol. The van der Waals surface area contributed by atoms with E-state index < -0.39 is 0 Å². The second kappa shape index (κ2) is 11.8. The number of aryl methyl sites for hydroxylation is 2. The summed E-state index contributed by atoms with van der Waals surface area (Å²) >= 11 is 1.58. The Bertz CT molecular complexity index is 996. The zero-order valence-corrected chi connectivity index (χ0v) is 20.2. The van der Waals surface area contributed by atoms with Crippen LogP contribution in [0.4, 0.5) is 0 Å². The van der Waals surface area contributed by atoms with E-state index in [1.54, 1.807) is 18.4 Å². The summed E-state index contributed by atoms with van der Waals surface area (Å²) in [6.45, 7) is 8.06. The maximum Gasteiger partial charge on any atom is 0.140 e. The van der Waals surface area contributed by atoms with Crippen molar-refractivity contribution in [2.75, 3.05) is 20.3 Å². The number of nitrogens with one attached hydrogen (secondary N) is 1. The van der Waals surface area contributed by atoms with Crippen molar-refractivity contribution in [2.45, 2.75) is 45.6 Å². The van der Waals surface area contributed by atoms with Crippen molar-refractivity contribution in [1.82, 2.24) is 15.5 Å². The van der Waals surface area contributed by atoms with Crippen LogP contribution in [0.5, 0.6) is 11.5 Å². The maximum absolute atomic E-state index is 6.06. The molecule has 0 radical (unpaired) electrons. The van der Waals surface area contributed by atoms with Crippen LogP contribution in [0.15, 0.2) is 48.5 Å². The molecule has 0 aliphatic rings. The van der Waals surface area contributed by atoms with E-state index in [-0.39, 0.29) is 5.54 Å². The Hall–Kier alpha value is -2.70. The summed E-state index contributed by atoms with van der Waals surface area (Å²) in [7, 11) is 1.70. The van der Waals surface area contributed by atoms with Gasteiger partial charge in [-0.15, -0.1) is 10.2 Å². The van der Waals surface area contributed by atoms with Gasteiger partial charge in [-0.25, -0.2) is 0 Å². The molecular weight excluding hydrogens is 418 g/mol. The molecule has 3 rings (SSSR count). The van der Waals surface area contributed by atoms with Gasteiger partial charge in [0.05, 0.1) is 13.7 Å². The highest BCUT2D eigenvalue weighted by atomic mass is 32.1. The Labute approximate surface area is 195 Å². The number of methoxy groups -OCH3 is 1. The van der Waals surface area contributed by atoms with Crippen LogP contribution >= 0.6 is 11.3 Å². The summed E-state index contributed by atoms with van der Waals surface area (Å²) in [5.74, 6) is 1.79. The number of hydrogen-bond donors (Lipinski definition) is 1. The first-order valence-corrected chi connectivity index (χ1v) is 11.8. The summed E-state index contributed by atoms with van der Waals surface area (Å²) in [5.41, 5.74) is 2.45. The molecule has 0 atom stereocenters. The third-order valence-corrected chi connectivity index (χ3v) is 6.05. The fourth-order valence-electron chi connectivity index (χ4n) is 3.31. The molecule has 0 aliphatic carbocycles. The second-order valence-corrected chi connectivity index (χ2v) is 9.60. The summed E-state index contributed by atoms with van der Waals surface area (Å²) in [4.78, 5) is 0. The normalized spacial score (nSPS) is 11.8. The molecule has 0 amide bonds. The van der Waals surface area contributed by atoms with Crippen LogP contribution in [-0.2, 0) is 6.42 Å². The zero-order valence-electron chi connectivity index (χ0n) is 19.4. The lowest BCUT2D eigenvalue weighted by Gasteiger charge is -2.26. The molecule has 0 fully saturated rings. The average Bonchev–Trinajstić information content (AvgIpc) is 3.22. The smallest absolute Gasteiger partial charge is 0.140 e. The molecule has 0 saturated heterocycles. The van der Waals surface area contributed by atoms with Gasteiger partial charge in [-0.1, -0.05) is 41.7 Å². The minimum Gasteiger partial charge on any atom is -0.497 e. The van der Waals surface area contributed by atoms with Crippen molar-refractivity contribution >= 4 is 23.5 Å². The predicted molar refractivity (Wildman–Crippen MR) is 134 cm³/mol. The topological polar surface area (TPSA) is 56.3 Å². The highest BCUT2D eigenvalue weighted by Gasteiger charge is 2.16. The van der Waals surface area contributed by atoms with E-state index >= 15 is 0 Å². The molecule has 0 aliphatic heterocycles. The lowest BCUT2D eigenvalue weighted by atomic mass is 9.95. The van der Waals surface area contributed by atoms with Crippen molar-refractivity contribution in [1.29, 1.82) is 0 Å². The van der Waals surface area contributed by atoms with Crippen LogP contribution in [0.3, 0.4) is 0 Å². The van der Waals surface area contributed by atoms with Gasteiger partial charge in [-0.3, -0.25) is 0 Å². The number of ether oxygens (including phenoxy) is 2. The molecule has 32 heavy (non-hydrogen) atoms. The summed E-state index contributed by atoms with van der Waals surface area (Å²) in [6.07, 6.45) is 7.07. The number of rotatable bonds is 12. The van der Waals surface area contributed by atoms with E-state index in [0.29, 0.717) is 6.61 Å². The van der Waals surface area contributed by atoms with Gasteiger partial charge in [0.15, 0.2) is 0 Å². The van der Waals surface area contributed by atoms with Crippen molar-refractivity contribution in [3.05, 3.63) is 69.7 Å². The Morgan fingerprint density at radius 3 is 2.53 bits per heavy atom. The van der Waals surface area contributed by atoms with Gasteiger partial charge >= 0.3 is 0 Å². The fourth-order valence-corrected chi connectivity index (χ4v) is 3.91. The Morgan fingerprint density at radius 2 is 1.81 bits per heavy atom. The van der Waals surface area contributed by atoms with Gasteiger partial charge in [-0.05, 0) is 82.5 Å². The van der Waals surface area contributed by atoms with Crippen LogP contribution in [0, 0.1) is 6.92 Å². The molecule has 2 aromatic carbocycles. The van der Waals surface area contributed by atoms with Crippen molar-refractivity contribution in [3.8, 4) is 11.5 Å². The van der Waals surface area contributed by atoms with Gasteiger partial charge in [0.1, 0.15) is 21.5 Å². The van der Waals surface area contributed by atoms with Crippen molar-refractivity contribution in [3.63, 3.8) is 0 Å². The number of para-hydroxylation sites is 1. The van der Waals surface area contributed by atoms with Crippen LogP contribution in [-0.4, -0.2) is 36.0 Å². The molecule has 1 heterocycles. The molecule has 0 saturated carbocycles. The lowest BCUT2D eigenvalue weighted by Crippen LogP contribution is -2.40. The van der Waals surface area contributed by atoms with Gasteiger partial charge in [0.2, 0.25) is 0 Å². The third-order valence-electron chi connectivity index (χ3n) is 5.25. The Balaban J connectivity index is 1.40. The minimum atomic E-state index is 0.0699. The van der Waals surface area contributed by atoms with Gasteiger partial charge in [-0.2, -0.15) is 0 Å². The van der Waals surface area contributed by atoms with E-state index in [2.05, 4.69) is 47.6 Å². The van der Waals surface area contributed by atoms with E-state index in [1.165, 1.54) is 5.56 Å². The Morgan fingerprint density at radius 1 is 1.03 bits per heavy atom. The number of nitrogens with zero attached hydrogens (tertiary/aromatic N) is 2. The van der Waals surface area contributed by atoms with Crippen LogP contribution in [0.25, 0.3) is 12.2 Å². The van der Waals surface area contributed by atoms with Crippen molar-refractivity contribution in [2.24, 2.45) is 0 Å². The van der Waals surface area contributed by atoms with E-state index in [1.807, 2.05) is 49.4 Å². The predicted octanol–water partition coefficient (Wildman–Crippen LogP) is 5.80. The molecule has 170 valence electrons. The van der Waals surface area contributed by atoms with E-state index in [4.69, 9.17) is 9.47 Å². The number of aromatic nitrogens is 2. The molecule has 3 aromatic rings. The maximum atomic E-state index is 6.06. The Kier molecular flexibility index (Phi) is 8.82. The molecule has 0 spiro atoms. The minimum absolute atomic E-state index is 0.0699. The quantitative estimate of drug-likeness (QED) is 0.353. The fraction of sp³-hybridized carbons (Fsp3) is 0.385. The van der Waals surface area contributed by atoms with Crippen LogP contribution < -0.4 is 14.8 Å². The van der Waals surface area contributed by atoms with Crippen LogP contribution in [0.1, 0.15) is 47.8 Å². The number of benzene rings is 2. The SMILES string of the molecule is COc1ccc(CCC(C)(C)NCCCOc2ccccc2C=Cc2nnc(C)s2)cc1.